The Balaban J connectivity index is 1.96. The maximum absolute atomic E-state index is 11.5. The highest BCUT2D eigenvalue weighted by molar-refractivity contribution is 6.03. The number of esters is 1. The molecule has 0 bridgehead atoms. The average molecular weight is 353 g/mol. The lowest BCUT2D eigenvalue weighted by Gasteiger charge is -2.11. The molecule has 1 aliphatic heterocycles. The van der Waals surface area contributed by atoms with Crippen LogP contribution in [0.15, 0.2) is 11.1 Å². The van der Waals surface area contributed by atoms with Gasteiger partial charge in [-0.2, -0.15) is 0 Å². The van der Waals surface area contributed by atoms with E-state index in [1.807, 2.05) is 0 Å². The fourth-order valence-electron chi connectivity index (χ4n) is 3.48. The third-order valence-corrected chi connectivity index (χ3v) is 5.08. The van der Waals surface area contributed by atoms with Crippen molar-refractivity contribution in [1.29, 1.82) is 0 Å². The van der Waals surface area contributed by atoms with Crippen LogP contribution < -0.4 is 0 Å². The normalized spacial score (nSPS) is 17.2. The summed E-state index contributed by atoms with van der Waals surface area (Å²) in [4.78, 5) is 22.7. The van der Waals surface area contributed by atoms with Crippen LogP contribution in [0.4, 0.5) is 0 Å². The van der Waals surface area contributed by atoms with Gasteiger partial charge in [0.1, 0.15) is 6.10 Å². The largest absolute Gasteiger partial charge is 0.478 e. The van der Waals surface area contributed by atoms with Crippen LogP contribution in [0.2, 0.25) is 0 Å². The zero-order chi connectivity index (χ0) is 18.5. The fraction of sp³-hybridized carbons (Fsp3) is 0.810. The Morgan fingerprint density at radius 1 is 0.880 bits per heavy atom. The number of carbonyl (C=O) groups excluding carboxylic acids is 1. The first-order valence-corrected chi connectivity index (χ1v) is 10.2. The van der Waals surface area contributed by atoms with Crippen LogP contribution in [0.1, 0.15) is 104 Å². The summed E-state index contributed by atoms with van der Waals surface area (Å²) in [5.74, 6) is -1.50. The first kappa shape index (κ1) is 21.7. The smallest absolute Gasteiger partial charge is 0.335 e. The third-order valence-electron chi connectivity index (χ3n) is 5.08. The molecule has 144 valence electrons. The summed E-state index contributed by atoms with van der Waals surface area (Å²) < 4.78 is 5.16. The van der Waals surface area contributed by atoms with Gasteiger partial charge in [-0.05, 0) is 19.8 Å². The van der Waals surface area contributed by atoms with Crippen molar-refractivity contribution in [2.75, 3.05) is 0 Å². The van der Waals surface area contributed by atoms with E-state index in [0.717, 1.165) is 12.8 Å². The van der Waals surface area contributed by atoms with Gasteiger partial charge in [-0.1, -0.05) is 84.0 Å². The molecule has 0 amide bonds. The first-order valence-electron chi connectivity index (χ1n) is 10.2. The van der Waals surface area contributed by atoms with E-state index in [4.69, 9.17) is 4.74 Å². The topological polar surface area (TPSA) is 63.6 Å². The van der Waals surface area contributed by atoms with E-state index >= 15 is 0 Å². The Labute approximate surface area is 153 Å². The van der Waals surface area contributed by atoms with Gasteiger partial charge in [0.25, 0.3) is 0 Å². The minimum atomic E-state index is -1.02. The van der Waals surface area contributed by atoms with Crippen molar-refractivity contribution >= 4 is 11.9 Å². The van der Waals surface area contributed by atoms with E-state index in [1.165, 1.54) is 77.6 Å². The fourth-order valence-corrected chi connectivity index (χ4v) is 3.48. The van der Waals surface area contributed by atoms with Crippen molar-refractivity contribution in [1.82, 2.24) is 0 Å². The second-order valence-corrected chi connectivity index (χ2v) is 7.27. The Kier molecular flexibility index (Phi) is 11.3. The summed E-state index contributed by atoms with van der Waals surface area (Å²) in [6.45, 7) is 3.79. The van der Waals surface area contributed by atoms with Crippen molar-refractivity contribution < 1.29 is 19.4 Å². The van der Waals surface area contributed by atoms with Gasteiger partial charge in [0.05, 0.1) is 5.57 Å². The average Bonchev–Trinajstić information content (AvgIpc) is 2.86. The number of carbonyl (C=O) groups is 2. The number of aliphatic carboxylic acids is 1. The molecular formula is C21H36O4. The highest BCUT2D eigenvalue weighted by atomic mass is 16.5. The molecule has 0 radical (unpaired) electrons. The number of carboxylic acid groups (broad SMARTS) is 1. The van der Waals surface area contributed by atoms with Crippen LogP contribution >= 0.6 is 0 Å². The van der Waals surface area contributed by atoms with Gasteiger partial charge in [-0.15, -0.1) is 0 Å². The van der Waals surface area contributed by atoms with Crippen molar-refractivity contribution in [3.63, 3.8) is 0 Å². The quantitative estimate of drug-likeness (QED) is 0.299. The minimum absolute atomic E-state index is 0.156. The molecule has 1 rings (SSSR count). The monoisotopic (exact) mass is 352 g/mol. The van der Waals surface area contributed by atoms with Gasteiger partial charge in [-0.25, -0.2) is 9.59 Å². The Morgan fingerprint density at radius 2 is 1.32 bits per heavy atom. The number of carboxylic acids is 1. The molecule has 0 spiro atoms. The molecular weight excluding hydrogens is 316 g/mol. The van der Waals surface area contributed by atoms with Crippen LogP contribution in [0.5, 0.6) is 0 Å². The zero-order valence-electron chi connectivity index (χ0n) is 16.1. The lowest BCUT2D eigenvalue weighted by atomic mass is 10.00. The molecule has 0 saturated heterocycles. The van der Waals surface area contributed by atoms with Crippen molar-refractivity contribution in [2.45, 2.75) is 110 Å². The van der Waals surface area contributed by atoms with E-state index in [0.29, 0.717) is 6.42 Å². The molecule has 0 aliphatic carbocycles. The van der Waals surface area contributed by atoms with Gasteiger partial charge < -0.3 is 9.84 Å². The van der Waals surface area contributed by atoms with Crippen LogP contribution in [0.3, 0.4) is 0 Å². The number of rotatable bonds is 15. The van der Waals surface area contributed by atoms with Crippen molar-refractivity contribution in [3.8, 4) is 0 Å². The van der Waals surface area contributed by atoms with E-state index in [-0.39, 0.29) is 11.1 Å². The SMILES string of the molecule is CCCCCCCCCCCCCCC[C@@H]1OC(=O)C(C)=C1C(=O)O. The molecule has 1 N–H and O–H groups in total. The van der Waals surface area contributed by atoms with Gasteiger partial charge >= 0.3 is 11.9 Å². The molecule has 0 aromatic heterocycles. The molecule has 1 heterocycles. The predicted molar refractivity (Wildman–Crippen MR) is 101 cm³/mol. The number of hydrogen-bond donors (Lipinski definition) is 1. The predicted octanol–water partition coefficient (Wildman–Crippen LogP) is 5.79. The van der Waals surface area contributed by atoms with E-state index in [9.17, 15) is 14.7 Å². The van der Waals surface area contributed by atoms with Gasteiger partial charge in [0.15, 0.2) is 0 Å². The van der Waals surface area contributed by atoms with E-state index in [1.54, 1.807) is 0 Å². The number of cyclic esters (lactones) is 1. The van der Waals surface area contributed by atoms with Gasteiger partial charge in [0, 0.05) is 5.57 Å². The van der Waals surface area contributed by atoms with Gasteiger partial charge in [0.2, 0.25) is 0 Å². The number of ether oxygens (including phenoxy) is 1. The highest BCUT2D eigenvalue weighted by Crippen LogP contribution is 2.26. The van der Waals surface area contributed by atoms with Crippen LogP contribution in [-0.2, 0) is 14.3 Å². The van der Waals surface area contributed by atoms with E-state index < -0.39 is 18.0 Å². The Hall–Kier alpha value is -1.32. The third kappa shape index (κ3) is 8.55. The van der Waals surface area contributed by atoms with Crippen LogP contribution in [0, 0.1) is 0 Å². The number of hydrogen-bond acceptors (Lipinski definition) is 3. The Morgan fingerprint density at radius 3 is 1.76 bits per heavy atom. The molecule has 0 fully saturated rings. The summed E-state index contributed by atoms with van der Waals surface area (Å²) in [7, 11) is 0. The molecule has 4 nitrogen and oxygen atoms in total. The summed E-state index contributed by atoms with van der Waals surface area (Å²) in [5.41, 5.74) is 0.413. The second kappa shape index (κ2) is 13.0. The maximum Gasteiger partial charge on any atom is 0.335 e. The summed E-state index contributed by atoms with van der Waals surface area (Å²) in [5, 5.41) is 9.19. The van der Waals surface area contributed by atoms with Crippen molar-refractivity contribution in [3.05, 3.63) is 11.1 Å². The molecule has 1 aliphatic rings. The second-order valence-electron chi connectivity index (χ2n) is 7.27. The standard InChI is InChI=1S/C21H36O4/c1-3-4-5-6-7-8-9-10-11-12-13-14-15-16-18-19(20(22)23)17(2)21(24)25-18/h18H,3-16H2,1-2H3,(H,22,23)/t18-/m0/s1. The molecule has 0 aromatic rings. The van der Waals surface area contributed by atoms with Crippen LogP contribution in [-0.4, -0.2) is 23.1 Å². The molecule has 0 unspecified atom stereocenters. The van der Waals surface area contributed by atoms with Crippen molar-refractivity contribution in [2.24, 2.45) is 0 Å². The molecule has 1 atom stereocenters. The lowest BCUT2D eigenvalue weighted by Crippen LogP contribution is -2.17. The summed E-state index contributed by atoms with van der Waals surface area (Å²) in [6, 6.07) is 0. The van der Waals surface area contributed by atoms with E-state index in [2.05, 4.69) is 6.92 Å². The summed E-state index contributed by atoms with van der Waals surface area (Å²) >= 11 is 0. The molecule has 0 aromatic carbocycles. The summed E-state index contributed by atoms with van der Waals surface area (Å²) in [6.07, 6.45) is 16.7. The zero-order valence-corrected chi connectivity index (χ0v) is 16.1. The highest BCUT2D eigenvalue weighted by Gasteiger charge is 2.35. The van der Waals surface area contributed by atoms with Gasteiger partial charge in [-0.3, -0.25) is 0 Å². The van der Waals surface area contributed by atoms with Crippen LogP contribution in [0.25, 0.3) is 0 Å². The molecule has 4 heteroatoms. The lowest BCUT2D eigenvalue weighted by molar-refractivity contribution is -0.140. The Bertz CT molecular complexity index is 439. The molecule has 25 heavy (non-hydrogen) atoms. The molecule has 0 saturated carbocycles. The minimum Gasteiger partial charge on any atom is -0.478 e. The number of unbranched alkanes of at least 4 members (excludes halogenated alkanes) is 12. The maximum atomic E-state index is 11.5. The first-order chi connectivity index (χ1) is 12.1.